The van der Waals surface area contributed by atoms with Gasteiger partial charge in [-0.25, -0.2) is 0 Å². The van der Waals surface area contributed by atoms with Gasteiger partial charge in [0.1, 0.15) is 24.7 Å². The lowest BCUT2D eigenvalue weighted by Crippen LogP contribution is -2.23. The molecule has 0 aromatic heterocycles. The van der Waals surface area contributed by atoms with Gasteiger partial charge in [-0.05, 0) is 95.2 Å². The van der Waals surface area contributed by atoms with E-state index in [-0.39, 0.29) is 10.2 Å². The van der Waals surface area contributed by atoms with Crippen molar-refractivity contribution in [2.75, 3.05) is 0 Å². The van der Waals surface area contributed by atoms with E-state index in [4.69, 9.17) is 45.4 Å². The highest BCUT2D eigenvalue weighted by molar-refractivity contribution is 7.80. The van der Waals surface area contributed by atoms with Crippen LogP contribution >= 0.6 is 24.4 Å². The van der Waals surface area contributed by atoms with Crippen molar-refractivity contribution in [1.29, 1.82) is 0 Å². The maximum Gasteiger partial charge on any atom is 0.184 e. The molecule has 174 valence electrons. The first kappa shape index (κ1) is 24.6. The third kappa shape index (κ3) is 8.49. The Kier molecular flexibility index (Phi) is 9.32. The molecule has 0 atom stereocenters. The molecular weight excluding hydrogens is 468 g/mol. The van der Waals surface area contributed by atoms with Crippen molar-refractivity contribution in [2.24, 2.45) is 21.7 Å². The van der Waals surface area contributed by atoms with Gasteiger partial charge in [-0.2, -0.15) is 10.2 Å². The Morgan fingerprint density at radius 1 is 0.676 bits per heavy atom. The third-order valence-corrected chi connectivity index (χ3v) is 4.63. The molecule has 0 radical (unpaired) electrons. The summed E-state index contributed by atoms with van der Waals surface area (Å²) in [5, 5.41) is 8.10. The second-order valence-corrected chi connectivity index (χ2v) is 7.83. The molecule has 0 aliphatic rings. The van der Waals surface area contributed by atoms with Crippen LogP contribution in [-0.4, -0.2) is 22.7 Å². The molecule has 0 fully saturated rings. The maximum absolute atomic E-state index is 5.96. The standard InChI is InChI=1S/C24H24N6O2S2/c25-23(33)29-27-13-17-5-9-21(10-6-17)31-15-19-3-1-2-4-20(19)16-32-22-11-7-18(8-12-22)14-28-30-24(26)34/h1-14H,15-16H2,(H3,25,29,33)(H3,26,30,34)/b27-13-,28-14-. The van der Waals surface area contributed by atoms with Crippen molar-refractivity contribution in [3.63, 3.8) is 0 Å². The lowest BCUT2D eigenvalue weighted by atomic mass is 10.1. The van der Waals surface area contributed by atoms with E-state index in [0.29, 0.717) is 13.2 Å². The second-order valence-electron chi connectivity index (χ2n) is 6.95. The lowest BCUT2D eigenvalue weighted by molar-refractivity contribution is 0.285. The highest BCUT2D eigenvalue weighted by Gasteiger charge is 2.05. The molecule has 0 amide bonds. The number of nitrogens with one attached hydrogen (secondary N) is 2. The zero-order valence-corrected chi connectivity index (χ0v) is 19.8. The molecule has 3 aromatic carbocycles. The van der Waals surface area contributed by atoms with Crippen LogP contribution in [0.2, 0.25) is 0 Å². The molecule has 0 aliphatic carbocycles. The van der Waals surface area contributed by atoms with E-state index in [0.717, 1.165) is 33.8 Å². The fourth-order valence-electron chi connectivity index (χ4n) is 2.80. The third-order valence-electron chi connectivity index (χ3n) is 4.44. The molecular formula is C24H24N6O2S2. The summed E-state index contributed by atoms with van der Waals surface area (Å²) >= 11 is 9.41. The Bertz CT molecular complexity index is 1070. The van der Waals surface area contributed by atoms with Crippen LogP contribution in [0.3, 0.4) is 0 Å². The number of ether oxygens (including phenoxy) is 2. The lowest BCUT2D eigenvalue weighted by Gasteiger charge is -2.12. The van der Waals surface area contributed by atoms with Crippen molar-refractivity contribution < 1.29 is 9.47 Å². The van der Waals surface area contributed by atoms with Crippen LogP contribution in [0.25, 0.3) is 0 Å². The van der Waals surface area contributed by atoms with Gasteiger partial charge >= 0.3 is 0 Å². The van der Waals surface area contributed by atoms with Crippen LogP contribution < -0.4 is 31.8 Å². The zero-order valence-electron chi connectivity index (χ0n) is 18.2. The van der Waals surface area contributed by atoms with Gasteiger partial charge < -0.3 is 20.9 Å². The average Bonchev–Trinajstić information content (AvgIpc) is 2.83. The molecule has 10 heteroatoms. The Balaban J connectivity index is 1.53. The minimum Gasteiger partial charge on any atom is -0.489 e. The Morgan fingerprint density at radius 3 is 1.41 bits per heavy atom. The van der Waals surface area contributed by atoms with E-state index in [1.807, 2.05) is 72.8 Å². The highest BCUT2D eigenvalue weighted by atomic mass is 32.1. The van der Waals surface area contributed by atoms with Crippen molar-refractivity contribution in [3.8, 4) is 11.5 Å². The zero-order chi connectivity index (χ0) is 24.2. The van der Waals surface area contributed by atoms with E-state index in [2.05, 4.69) is 21.1 Å². The minimum atomic E-state index is 0.117. The predicted octanol–water partition coefficient (Wildman–Crippen LogP) is 3.18. The number of benzene rings is 3. The van der Waals surface area contributed by atoms with E-state index >= 15 is 0 Å². The molecule has 0 unspecified atom stereocenters. The molecule has 0 heterocycles. The van der Waals surface area contributed by atoms with Gasteiger partial charge in [-0.15, -0.1) is 0 Å². The molecule has 8 nitrogen and oxygen atoms in total. The van der Waals surface area contributed by atoms with Crippen LogP contribution in [0.4, 0.5) is 0 Å². The summed E-state index contributed by atoms with van der Waals surface area (Å²) in [7, 11) is 0. The largest absolute Gasteiger partial charge is 0.489 e. The van der Waals surface area contributed by atoms with E-state index < -0.39 is 0 Å². The number of hydrazone groups is 2. The smallest absolute Gasteiger partial charge is 0.184 e. The van der Waals surface area contributed by atoms with E-state index in [9.17, 15) is 0 Å². The van der Waals surface area contributed by atoms with Gasteiger partial charge in [0, 0.05) is 0 Å². The Labute approximate surface area is 208 Å². The Morgan fingerprint density at radius 2 is 1.06 bits per heavy atom. The number of hydrogen-bond donors (Lipinski definition) is 4. The molecule has 6 N–H and O–H groups in total. The first-order chi connectivity index (χ1) is 16.5. The molecule has 0 saturated carbocycles. The first-order valence-corrected chi connectivity index (χ1v) is 11.0. The molecule has 3 rings (SSSR count). The fourth-order valence-corrected chi connectivity index (χ4v) is 2.91. The van der Waals surface area contributed by atoms with Crippen molar-refractivity contribution >= 4 is 47.1 Å². The van der Waals surface area contributed by atoms with Crippen LogP contribution in [-0.2, 0) is 13.2 Å². The summed E-state index contributed by atoms with van der Waals surface area (Å²) in [6.07, 6.45) is 3.25. The van der Waals surface area contributed by atoms with Crippen molar-refractivity contribution in [1.82, 2.24) is 10.9 Å². The second kappa shape index (κ2) is 12.9. The van der Waals surface area contributed by atoms with Crippen molar-refractivity contribution in [2.45, 2.75) is 13.2 Å². The number of rotatable bonds is 10. The van der Waals surface area contributed by atoms with Crippen LogP contribution in [0, 0.1) is 0 Å². The number of thiocarbonyl (C=S) groups is 2. The molecule has 0 saturated heterocycles. The molecule has 34 heavy (non-hydrogen) atoms. The first-order valence-electron chi connectivity index (χ1n) is 10.2. The van der Waals surface area contributed by atoms with Crippen LogP contribution in [0.15, 0.2) is 83.0 Å². The SMILES string of the molecule is NC(=S)N/N=C\c1ccc(OCc2ccccc2COc2ccc(/C=N\NC(N)=S)cc2)cc1. The van der Waals surface area contributed by atoms with Gasteiger partial charge in [-0.1, -0.05) is 24.3 Å². The van der Waals surface area contributed by atoms with Crippen LogP contribution in [0.5, 0.6) is 11.5 Å². The van der Waals surface area contributed by atoms with Gasteiger partial charge in [0.15, 0.2) is 10.2 Å². The summed E-state index contributed by atoms with van der Waals surface area (Å²) in [5.41, 5.74) is 19.6. The molecule has 0 aliphatic heterocycles. The monoisotopic (exact) mass is 492 g/mol. The normalized spacial score (nSPS) is 10.8. The van der Waals surface area contributed by atoms with Crippen molar-refractivity contribution in [3.05, 3.63) is 95.1 Å². The van der Waals surface area contributed by atoms with Gasteiger partial charge in [-0.3, -0.25) is 10.9 Å². The predicted molar refractivity (Wildman–Crippen MR) is 143 cm³/mol. The van der Waals surface area contributed by atoms with E-state index in [1.165, 1.54) is 0 Å². The molecule has 0 spiro atoms. The van der Waals surface area contributed by atoms with Gasteiger partial charge in [0.05, 0.1) is 12.4 Å². The average molecular weight is 493 g/mol. The van der Waals surface area contributed by atoms with E-state index in [1.54, 1.807) is 12.4 Å². The quantitative estimate of drug-likeness (QED) is 0.194. The summed E-state index contributed by atoms with van der Waals surface area (Å²) in [5.74, 6) is 1.50. The summed E-state index contributed by atoms with van der Waals surface area (Å²) in [4.78, 5) is 0. The minimum absolute atomic E-state index is 0.117. The fraction of sp³-hybridized carbons (Fsp3) is 0.0833. The highest BCUT2D eigenvalue weighted by Crippen LogP contribution is 2.18. The number of nitrogens with two attached hydrogens (primary N) is 2. The summed E-state index contributed by atoms with van der Waals surface area (Å²) in [6.45, 7) is 0.836. The maximum atomic E-state index is 5.96. The van der Waals surface area contributed by atoms with Gasteiger partial charge in [0.25, 0.3) is 0 Å². The Hall–Kier alpha value is -4.02. The van der Waals surface area contributed by atoms with Gasteiger partial charge in [0.2, 0.25) is 0 Å². The number of nitrogens with zero attached hydrogens (tertiary/aromatic N) is 2. The molecule has 0 bridgehead atoms. The topological polar surface area (TPSA) is 119 Å². The van der Waals surface area contributed by atoms with Crippen LogP contribution in [0.1, 0.15) is 22.3 Å². The summed E-state index contributed by atoms with van der Waals surface area (Å²) < 4.78 is 11.9. The summed E-state index contributed by atoms with van der Waals surface area (Å²) in [6, 6.07) is 23.1. The molecule has 3 aromatic rings. The number of hydrogen-bond acceptors (Lipinski definition) is 6.